The first-order valence-corrected chi connectivity index (χ1v) is 7.80. The summed E-state index contributed by atoms with van der Waals surface area (Å²) in [4.78, 5) is 27.5. The molecule has 0 atom stereocenters. The van der Waals surface area contributed by atoms with Gasteiger partial charge in [0.15, 0.2) is 5.16 Å². The Labute approximate surface area is 127 Å². The van der Waals surface area contributed by atoms with E-state index in [4.69, 9.17) is 0 Å². The molecule has 0 bridgehead atoms. The monoisotopic (exact) mass is 306 g/mol. The average Bonchev–Trinajstić information content (AvgIpc) is 2.82. The Bertz CT molecular complexity index is 653. The number of amides is 3. The van der Waals surface area contributed by atoms with Gasteiger partial charge in [0, 0.05) is 13.1 Å². The maximum Gasteiger partial charge on any atom is 0.321 e. The summed E-state index contributed by atoms with van der Waals surface area (Å²) in [7, 11) is 0. The number of fused-ring (bicyclic) bond motifs is 1. The van der Waals surface area contributed by atoms with Crippen LogP contribution in [0.5, 0.6) is 0 Å². The minimum Gasteiger partial charge on any atom is -0.338 e. The lowest BCUT2D eigenvalue weighted by Crippen LogP contribution is -2.40. The number of rotatable bonds is 5. The smallest absolute Gasteiger partial charge is 0.321 e. The number of carbonyl (C=O) groups is 2. The molecule has 21 heavy (non-hydrogen) atoms. The van der Waals surface area contributed by atoms with E-state index < -0.39 is 6.03 Å². The van der Waals surface area contributed by atoms with Gasteiger partial charge in [0.25, 0.3) is 0 Å². The van der Waals surface area contributed by atoms with Crippen LogP contribution in [0.15, 0.2) is 29.4 Å². The van der Waals surface area contributed by atoms with Crippen LogP contribution in [-0.2, 0) is 11.3 Å². The van der Waals surface area contributed by atoms with Gasteiger partial charge in [-0.15, -0.1) is 0 Å². The van der Waals surface area contributed by atoms with Gasteiger partial charge in [-0.05, 0) is 26.0 Å². The Balaban J connectivity index is 2.03. The van der Waals surface area contributed by atoms with Gasteiger partial charge < -0.3 is 9.88 Å². The number of imide groups is 1. The van der Waals surface area contributed by atoms with Crippen molar-refractivity contribution < 1.29 is 9.59 Å². The van der Waals surface area contributed by atoms with Crippen LogP contribution in [0.3, 0.4) is 0 Å². The number of aromatic nitrogens is 2. The largest absolute Gasteiger partial charge is 0.338 e. The second-order valence-corrected chi connectivity index (χ2v) is 5.27. The summed E-state index contributed by atoms with van der Waals surface area (Å²) >= 11 is 1.33. The summed E-state index contributed by atoms with van der Waals surface area (Å²) in [6.45, 7) is 5.09. The normalized spacial score (nSPS) is 10.6. The molecule has 0 unspecified atom stereocenters. The van der Waals surface area contributed by atoms with Crippen molar-refractivity contribution in [1.29, 1.82) is 0 Å². The number of thioether (sulfide) groups is 1. The van der Waals surface area contributed by atoms with Crippen molar-refractivity contribution in [3.05, 3.63) is 24.3 Å². The van der Waals surface area contributed by atoms with Crippen LogP contribution < -0.4 is 10.6 Å². The van der Waals surface area contributed by atoms with Crippen molar-refractivity contribution in [2.24, 2.45) is 0 Å². The molecule has 7 heteroatoms. The summed E-state index contributed by atoms with van der Waals surface area (Å²) in [5.74, 6) is -0.179. The predicted octanol–water partition coefficient (Wildman–Crippen LogP) is 1.99. The number of hydrogen-bond acceptors (Lipinski definition) is 4. The van der Waals surface area contributed by atoms with Gasteiger partial charge in [0.2, 0.25) is 5.91 Å². The molecule has 3 amide bonds. The quantitative estimate of drug-likeness (QED) is 0.828. The van der Waals surface area contributed by atoms with Gasteiger partial charge in [0.1, 0.15) is 0 Å². The van der Waals surface area contributed by atoms with Crippen LogP contribution in [0.25, 0.3) is 11.0 Å². The lowest BCUT2D eigenvalue weighted by Gasteiger charge is -2.06. The fourth-order valence-electron chi connectivity index (χ4n) is 1.97. The summed E-state index contributed by atoms with van der Waals surface area (Å²) in [6.07, 6.45) is 0. The molecule has 0 aliphatic heterocycles. The molecule has 1 aromatic heterocycles. The average molecular weight is 306 g/mol. The van der Waals surface area contributed by atoms with Gasteiger partial charge in [-0.2, -0.15) is 0 Å². The Kier molecular flexibility index (Phi) is 5.21. The Hall–Kier alpha value is -2.02. The molecule has 2 N–H and O–H groups in total. The summed E-state index contributed by atoms with van der Waals surface area (Å²) in [5.41, 5.74) is 1.96. The van der Waals surface area contributed by atoms with Crippen molar-refractivity contribution in [2.45, 2.75) is 25.5 Å². The maximum atomic E-state index is 11.7. The molecule has 0 aliphatic carbocycles. The van der Waals surface area contributed by atoms with Crippen molar-refractivity contribution >= 4 is 34.7 Å². The van der Waals surface area contributed by atoms with E-state index in [2.05, 4.69) is 20.2 Å². The standard InChI is InChI=1S/C14H18N4O2S/c1-3-15-13(20)17-12(19)9-21-14-16-10-7-5-6-8-11(10)18(14)4-2/h5-8H,3-4,9H2,1-2H3,(H2,15,17,19,20). The van der Waals surface area contributed by atoms with Crippen LogP contribution in [0.4, 0.5) is 4.79 Å². The molecule has 0 fully saturated rings. The number of hydrogen-bond donors (Lipinski definition) is 2. The first-order chi connectivity index (χ1) is 10.2. The first kappa shape index (κ1) is 15.4. The number of benzene rings is 1. The molecule has 0 saturated carbocycles. The zero-order valence-corrected chi connectivity index (χ0v) is 12.9. The molecule has 0 radical (unpaired) electrons. The zero-order valence-electron chi connectivity index (χ0n) is 12.0. The minimum atomic E-state index is -0.466. The van der Waals surface area contributed by atoms with E-state index in [1.807, 2.05) is 31.2 Å². The number of nitrogens with zero attached hydrogens (tertiary/aromatic N) is 2. The molecule has 0 saturated heterocycles. The first-order valence-electron chi connectivity index (χ1n) is 6.81. The van der Waals surface area contributed by atoms with E-state index in [-0.39, 0.29) is 11.7 Å². The highest BCUT2D eigenvalue weighted by Crippen LogP contribution is 2.23. The zero-order chi connectivity index (χ0) is 15.2. The lowest BCUT2D eigenvalue weighted by atomic mass is 10.3. The third-order valence-electron chi connectivity index (χ3n) is 2.86. The number of urea groups is 1. The molecule has 1 aromatic carbocycles. The van der Waals surface area contributed by atoms with Gasteiger partial charge in [-0.3, -0.25) is 10.1 Å². The molecule has 2 aromatic rings. The van der Waals surface area contributed by atoms with E-state index in [9.17, 15) is 9.59 Å². The summed E-state index contributed by atoms with van der Waals surface area (Å²) in [5, 5.41) is 5.58. The van der Waals surface area contributed by atoms with E-state index >= 15 is 0 Å². The van der Waals surface area contributed by atoms with Crippen molar-refractivity contribution in [3.63, 3.8) is 0 Å². The van der Waals surface area contributed by atoms with Gasteiger partial charge >= 0.3 is 6.03 Å². The van der Waals surface area contributed by atoms with Crippen molar-refractivity contribution in [1.82, 2.24) is 20.2 Å². The fraction of sp³-hybridized carbons (Fsp3) is 0.357. The maximum absolute atomic E-state index is 11.7. The number of carbonyl (C=O) groups excluding carboxylic acids is 2. The topological polar surface area (TPSA) is 76.0 Å². The van der Waals surface area contributed by atoms with Crippen LogP contribution in [-0.4, -0.2) is 33.8 Å². The van der Waals surface area contributed by atoms with Gasteiger partial charge in [0.05, 0.1) is 16.8 Å². The number of nitrogens with one attached hydrogen (secondary N) is 2. The Morgan fingerprint density at radius 1 is 1.29 bits per heavy atom. The molecule has 0 aliphatic rings. The molecular formula is C14H18N4O2S. The minimum absolute atomic E-state index is 0.153. The second kappa shape index (κ2) is 7.12. The van der Waals surface area contributed by atoms with Gasteiger partial charge in [-0.1, -0.05) is 23.9 Å². The van der Waals surface area contributed by atoms with Crippen LogP contribution in [0.2, 0.25) is 0 Å². The van der Waals surface area contributed by atoms with Crippen molar-refractivity contribution in [3.8, 4) is 0 Å². The number of imidazole rings is 1. The van der Waals surface area contributed by atoms with Crippen LogP contribution in [0.1, 0.15) is 13.8 Å². The third-order valence-corrected chi connectivity index (χ3v) is 3.83. The van der Waals surface area contributed by atoms with Crippen LogP contribution >= 0.6 is 11.8 Å². The van der Waals surface area contributed by atoms with E-state index in [0.29, 0.717) is 6.54 Å². The molecule has 0 spiro atoms. The Morgan fingerprint density at radius 3 is 2.76 bits per heavy atom. The molecular weight excluding hydrogens is 288 g/mol. The van der Waals surface area contributed by atoms with E-state index in [1.165, 1.54) is 11.8 Å². The second-order valence-electron chi connectivity index (χ2n) is 4.32. The van der Waals surface area contributed by atoms with Crippen molar-refractivity contribution in [2.75, 3.05) is 12.3 Å². The van der Waals surface area contributed by atoms with Gasteiger partial charge in [-0.25, -0.2) is 9.78 Å². The summed E-state index contributed by atoms with van der Waals surface area (Å²) < 4.78 is 2.05. The highest BCUT2D eigenvalue weighted by atomic mass is 32.2. The highest BCUT2D eigenvalue weighted by Gasteiger charge is 2.12. The molecule has 1 heterocycles. The predicted molar refractivity (Wildman–Crippen MR) is 83.3 cm³/mol. The Morgan fingerprint density at radius 2 is 2.05 bits per heavy atom. The summed E-state index contributed by atoms with van der Waals surface area (Å²) in [6, 6.07) is 7.38. The fourth-order valence-corrected chi connectivity index (χ4v) is 2.85. The van der Waals surface area contributed by atoms with E-state index in [0.717, 1.165) is 22.7 Å². The number of aryl methyl sites for hydroxylation is 1. The molecule has 112 valence electrons. The highest BCUT2D eigenvalue weighted by molar-refractivity contribution is 7.99. The molecule has 2 rings (SSSR count). The lowest BCUT2D eigenvalue weighted by molar-refractivity contribution is -0.117. The van der Waals surface area contributed by atoms with Crippen LogP contribution in [0, 0.1) is 0 Å². The van der Waals surface area contributed by atoms with E-state index in [1.54, 1.807) is 6.92 Å². The SMILES string of the molecule is CCNC(=O)NC(=O)CSc1nc2ccccc2n1CC. The third kappa shape index (κ3) is 3.75. The molecule has 6 nitrogen and oxygen atoms in total. The number of para-hydroxylation sites is 2.